The number of piperidine rings is 1. The molecule has 0 saturated carbocycles. The quantitative estimate of drug-likeness (QED) is 0.379. The normalized spacial score (nSPS) is 39.2. The Morgan fingerprint density at radius 1 is 1.33 bits per heavy atom. The van der Waals surface area contributed by atoms with Crippen LogP contribution in [0, 0.1) is 5.92 Å². The number of hydrogen-bond acceptors (Lipinski definition) is 2. The predicted octanol–water partition coefficient (Wildman–Crippen LogP) is 1.83. The number of rotatable bonds is 2. The van der Waals surface area contributed by atoms with Gasteiger partial charge in [0.05, 0.1) is 0 Å². The first-order valence-corrected chi connectivity index (χ1v) is 4.65. The maximum absolute atomic E-state index is 8.19. The second kappa shape index (κ2) is 3.33. The Balaban J connectivity index is 1.89. The molecule has 0 aromatic heterocycles. The molecule has 2 rings (SSSR count). The molecular formula is C8H14N4. The first-order valence-electron chi connectivity index (χ1n) is 4.65. The van der Waals surface area contributed by atoms with Gasteiger partial charge >= 0.3 is 0 Å². The highest BCUT2D eigenvalue weighted by atomic mass is 15.1. The standard InChI is InChI=1S/C8H14N4/c9-12-10-5-6-3-7-1-2-8(4-6)11-7/h6-8,11H,1-5H2. The summed E-state index contributed by atoms with van der Waals surface area (Å²) >= 11 is 0. The van der Waals surface area contributed by atoms with Crippen LogP contribution in [0.1, 0.15) is 25.7 Å². The molecule has 12 heavy (non-hydrogen) atoms. The van der Waals surface area contributed by atoms with Gasteiger partial charge in [-0.25, -0.2) is 0 Å². The van der Waals surface area contributed by atoms with Gasteiger partial charge in [-0.1, -0.05) is 5.11 Å². The van der Waals surface area contributed by atoms with Crippen molar-refractivity contribution in [2.24, 2.45) is 11.0 Å². The lowest BCUT2D eigenvalue weighted by Crippen LogP contribution is -2.38. The minimum Gasteiger partial charge on any atom is -0.311 e. The summed E-state index contributed by atoms with van der Waals surface area (Å²) in [5, 5.41) is 7.21. The highest BCUT2D eigenvalue weighted by molar-refractivity contribution is 4.92. The zero-order valence-corrected chi connectivity index (χ0v) is 7.11. The van der Waals surface area contributed by atoms with Crippen molar-refractivity contribution in [2.75, 3.05) is 6.54 Å². The van der Waals surface area contributed by atoms with Crippen LogP contribution < -0.4 is 5.32 Å². The second-order valence-corrected chi connectivity index (χ2v) is 3.89. The number of nitrogens with zero attached hydrogens (tertiary/aromatic N) is 3. The van der Waals surface area contributed by atoms with Crippen LogP contribution in [-0.4, -0.2) is 18.6 Å². The Morgan fingerprint density at radius 3 is 2.58 bits per heavy atom. The molecule has 2 aliphatic rings. The molecule has 66 valence electrons. The second-order valence-electron chi connectivity index (χ2n) is 3.89. The van der Waals surface area contributed by atoms with Crippen LogP contribution in [-0.2, 0) is 0 Å². The van der Waals surface area contributed by atoms with Crippen LogP contribution in [0.3, 0.4) is 0 Å². The van der Waals surface area contributed by atoms with E-state index in [1.54, 1.807) is 0 Å². The summed E-state index contributed by atoms with van der Waals surface area (Å²) in [6, 6.07) is 1.42. The third-order valence-electron chi connectivity index (χ3n) is 2.97. The topological polar surface area (TPSA) is 60.8 Å². The average Bonchev–Trinajstić information content (AvgIpc) is 2.42. The van der Waals surface area contributed by atoms with Crippen molar-refractivity contribution in [2.45, 2.75) is 37.8 Å². The molecule has 0 aromatic carbocycles. The monoisotopic (exact) mass is 166 g/mol. The van der Waals surface area contributed by atoms with Gasteiger partial charge in [-0.05, 0) is 37.1 Å². The van der Waals surface area contributed by atoms with Gasteiger partial charge in [-0.3, -0.25) is 0 Å². The van der Waals surface area contributed by atoms with Crippen LogP contribution in [0.5, 0.6) is 0 Å². The van der Waals surface area contributed by atoms with Gasteiger partial charge in [-0.15, -0.1) is 0 Å². The largest absolute Gasteiger partial charge is 0.311 e. The number of hydrogen-bond donors (Lipinski definition) is 1. The zero-order chi connectivity index (χ0) is 8.39. The van der Waals surface area contributed by atoms with Crippen LogP contribution in [0.15, 0.2) is 5.11 Å². The summed E-state index contributed by atoms with van der Waals surface area (Å²) in [5.41, 5.74) is 8.19. The smallest absolute Gasteiger partial charge is 0.0287 e. The summed E-state index contributed by atoms with van der Waals surface area (Å²) in [7, 11) is 0. The van der Waals surface area contributed by atoms with Crippen molar-refractivity contribution in [3.05, 3.63) is 10.4 Å². The summed E-state index contributed by atoms with van der Waals surface area (Å²) in [4.78, 5) is 2.80. The summed E-state index contributed by atoms with van der Waals surface area (Å²) in [6.07, 6.45) is 5.04. The number of fused-ring (bicyclic) bond motifs is 2. The minimum atomic E-state index is 0.639. The Morgan fingerprint density at radius 2 is 2.00 bits per heavy atom. The third-order valence-corrected chi connectivity index (χ3v) is 2.97. The molecule has 0 amide bonds. The lowest BCUT2D eigenvalue weighted by atomic mass is 9.93. The number of azide groups is 1. The molecule has 0 aromatic rings. The molecule has 2 fully saturated rings. The number of nitrogens with one attached hydrogen (secondary N) is 1. The predicted molar refractivity (Wildman–Crippen MR) is 46.7 cm³/mol. The molecule has 2 atom stereocenters. The van der Waals surface area contributed by atoms with E-state index in [2.05, 4.69) is 15.3 Å². The van der Waals surface area contributed by atoms with Crippen LogP contribution in [0.25, 0.3) is 10.4 Å². The molecule has 0 spiro atoms. The van der Waals surface area contributed by atoms with E-state index in [4.69, 9.17) is 5.53 Å². The molecule has 1 N–H and O–H groups in total. The van der Waals surface area contributed by atoms with E-state index in [-0.39, 0.29) is 0 Å². The minimum absolute atomic E-state index is 0.639. The van der Waals surface area contributed by atoms with E-state index in [0.29, 0.717) is 24.5 Å². The highest BCUT2D eigenvalue weighted by Crippen LogP contribution is 2.30. The van der Waals surface area contributed by atoms with Crippen LogP contribution in [0.2, 0.25) is 0 Å². The molecule has 2 aliphatic heterocycles. The maximum atomic E-state index is 8.19. The van der Waals surface area contributed by atoms with E-state index in [1.165, 1.54) is 25.7 Å². The highest BCUT2D eigenvalue weighted by Gasteiger charge is 2.32. The van der Waals surface area contributed by atoms with Gasteiger partial charge in [0.2, 0.25) is 0 Å². The summed E-state index contributed by atoms with van der Waals surface area (Å²) < 4.78 is 0. The van der Waals surface area contributed by atoms with Crippen molar-refractivity contribution < 1.29 is 0 Å². The van der Waals surface area contributed by atoms with E-state index in [0.717, 1.165) is 0 Å². The van der Waals surface area contributed by atoms with Crippen LogP contribution in [0.4, 0.5) is 0 Å². The van der Waals surface area contributed by atoms with Gasteiger partial charge < -0.3 is 5.32 Å². The Labute approximate surface area is 72.0 Å². The molecule has 0 aliphatic carbocycles. The van der Waals surface area contributed by atoms with E-state index >= 15 is 0 Å². The van der Waals surface area contributed by atoms with E-state index in [1.807, 2.05) is 0 Å². The van der Waals surface area contributed by atoms with Crippen molar-refractivity contribution in [1.82, 2.24) is 5.32 Å². The first kappa shape index (κ1) is 7.90. The lowest BCUT2D eigenvalue weighted by molar-refractivity contribution is 0.306. The molecule has 2 heterocycles. The van der Waals surface area contributed by atoms with Gasteiger partial charge in [0.1, 0.15) is 0 Å². The van der Waals surface area contributed by atoms with Crippen molar-refractivity contribution in [3.8, 4) is 0 Å². The van der Waals surface area contributed by atoms with Crippen molar-refractivity contribution in [1.29, 1.82) is 0 Å². The molecule has 2 bridgehead atoms. The fraction of sp³-hybridized carbons (Fsp3) is 1.00. The van der Waals surface area contributed by atoms with E-state index < -0.39 is 0 Å². The maximum Gasteiger partial charge on any atom is 0.0287 e. The lowest BCUT2D eigenvalue weighted by Gasteiger charge is -2.27. The van der Waals surface area contributed by atoms with Gasteiger partial charge in [-0.2, -0.15) is 0 Å². The Bertz CT molecular complexity index is 197. The van der Waals surface area contributed by atoms with Gasteiger partial charge in [0.15, 0.2) is 0 Å². The molecule has 2 saturated heterocycles. The molecule has 2 unspecified atom stereocenters. The average molecular weight is 166 g/mol. The fourth-order valence-corrected chi connectivity index (χ4v) is 2.48. The van der Waals surface area contributed by atoms with Gasteiger partial charge in [0.25, 0.3) is 0 Å². The Kier molecular flexibility index (Phi) is 2.19. The summed E-state index contributed by atoms with van der Waals surface area (Å²) in [6.45, 7) is 0.700. The molecule has 4 heteroatoms. The van der Waals surface area contributed by atoms with Gasteiger partial charge in [0, 0.05) is 23.5 Å². The Hall–Kier alpha value is -0.730. The third kappa shape index (κ3) is 1.54. The molecular weight excluding hydrogens is 152 g/mol. The molecule has 4 nitrogen and oxygen atoms in total. The summed E-state index contributed by atoms with van der Waals surface area (Å²) in [5.74, 6) is 0.639. The zero-order valence-electron chi connectivity index (χ0n) is 7.11. The SMILES string of the molecule is [N-]=[N+]=NCC1CC2CCC(C1)N2. The van der Waals surface area contributed by atoms with Crippen molar-refractivity contribution >= 4 is 0 Å². The van der Waals surface area contributed by atoms with E-state index in [9.17, 15) is 0 Å². The van der Waals surface area contributed by atoms with Crippen molar-refractivity contribution in [3.63, 3.8) is 0 Å². The fourth-order valence-electron chi connectivity index (χ4n) is 2.48. The first-order chi connectivity index (χ1) is 5.88. The van der Waals surface area contributed by atoms with Crippen LogP contribution >= 0.6 is 0 Å². The molecule has 0 radical (unpaired) electrons.